The first-order valence-electron chi connectivity index (χ1n) is 8.43. The highest BCUT2D eigenvalue weighted by atomic mass is 35.5. The summed E-state index contributed by atoms with van der Waals surface area (Å²) in [4.78, 5) is 11.0. The lowest BCUT2D eigenvalue weighted by Gasteiger charge is -2.27. The number of halogens is 1. The maximum absolute atomic E-state index is 11.0. The number of hydrogen-bond donors (Lipinski definition) is 2. The first kappa shape index (κ1) is 17.0. The molecule has 1 saturated carbocycles. The van der Waals surface area contributed by atoms with Crippen molar-refractivity contribution in [3.8, 4) is 11.1 Å². The van der Waals surface area contributed by atoms with E-state index in [1.54, 1.807) is 0 Å². The molecule has 0 radical (unpaired) electrons. The summed E-state index contributed by atoms with van der Waals surface area (Å²) in [5, 5.41) is 13.3. The van der Waals surface area contributed by atoms with Crippen LogP contribution in [0.5, 0.6) is 0 Å². The van der Waals surface area contributed by atoms with Crippen molar-refractivity contribution in [3.05, 3.63) is 59.1 Å². The lowest BCUT2D eigenvalue weighted by atomic mass is 9.86. The van der Waals surface area contributed by atoms with E-state index in [4.69, 9.17) is 16.7 Å². The second-order valence-corrected chi connectivity index (χ2v) is 6.91. The molecule has 1 aliphatic carbocycles. The number of hydrogen-bond acceptors (Lipinski definition) is 2. The van der Waals surface area contributed by atoms with Gasteiger partial charge in [-0.25, -0.2) is 0 Å². The van der Waals surface area contributed by atoms with Gasteiger partial charge in [0, 0.05) is 17.6 Å². The van der Waals surface area contributed by atoms with Crippen LogP contribution in [0.25, 0.3) is 11.1 Å². The zero-order chi connectivity index (χ0) is 16.9. The minimum Gasteiger partial charge on any atom is -0.481 e. The van der Waals surface area contributed by atoms with Crippen LogP contribution in [0, 0.1) is 5.92 Å². The van der Waals surface area contributed by atoms with E-state index in [1.807, 2.05) is 24.3 Å². The Morgan fingerprint density at radius 1 is 0.958 bits per heavy atom. The Balaban J connectivity index is 1.52. The summed E-state index contributed by atoms with van der Waals surface area (Å²) in [6.45, 7) is 0.823. The van der Waals surface area contributed by atoms with Gasteiger partial charge in [-0.15, -0.1) is 0 Å². The van der Waals surface area contributed by atoms with Gasteiger partial charge in [0.25, 0.3) is 0 Å². The summed E-state index contributed by atoms with van der Waals surface area (Å²) < 4.78 is 0. The van der Waals surface area contributed by atoms with Crippen LogP contribution >= 0.6 is 11.6 Å². The molecule has 24 heavy (non-hydrogen) atoms. The monoisotopic (exact) mass is 343 g/mol. The van der Waals surface area contributed by atoms with Crippen LogP contribution in [0.3, 0.4) is 0 Å². The van der Waals surface area contributed by atoms with E-state index in [-0.39, 0.29) is 5.92 Å². The Bertz CT molecular complexity index is 674. The van der Waals surface area contributed by atoms with Crippen LogP contribution in [0.1, 0.15) is 31.2 Å². The number of carbonyl (C=O) groups is 1. The van der Waals surface area contributed by atoms with Gasteiger partial charge in [0.1, 0.15) is 0 Å². The van der Waals surface area contributed by atoms with Crippen molar-refractivity contribution in [2.75, 3.05) is 0 Å². The molecular weight excluding hydrogens is 322 g/mol. The lowest BCUT2D eigenvalue weighted by Crippen LogP contribution is -2.34. The lowest BCUT2D eigenvalue weighted by molar-refractivity contribution is -0.142. The topological polar surface area (TPSA) is 49.3 Å². The molecule has 126 valence electrons. The first-order chi connectivity index (χ1) is 11.6. The molecule has 0 amide bonds. The average Bonchev–Trinajstić information content (AvgIpc) is 2.61. The van der Waals surface area contributed by atoms with Crippen molar-refractivity contribution in [1.82, 2.24) is 5.32 Å². The normalized spacial score (nSPS) is 20.7. The highest BCUT2D eigenvalue weighted by molar-refractivity contribution is 6.30. The standard InChI is InChI=1S/C20H22ClNO2/c21-18-9-5-16(6-10-18)15-3-1-14(2-4-15)13-22-19-11-7-17(8-12-19)20(23)24/h1-6,9-10,17,19,22H,7-8,11-13H2,(H,23,24). The second kappa shape index (κ2) is 7.82. The van der Waals surface area contributed by atoms with E-state index in [2.05, 4.69) is 29.6 Å². The second-order valence-electron chi connectivity index (χ2n) is 6.47. The minimum absolute atomic E-state index is 0.151. The fraction of sp³-hybridized carbons (Fsp3) is 0.350. The molecule has 0 bridgehead atoms. The molecule has 0 spiro atoms. The zero-order valence-electron chi connectivity index (χ0n) is 13.5. The van der Waals surface area contributed by atoms with Crippen LogP contribution < -0.4 is 5.32 Å². The van der Waals surface area contributed by atoms with Gasteiger partial charge in [0.2, 0.25) is 0 Å². The van der Waals surface area contributed by atoms with Crippen molar-refractivity contribution in [1.29, 1.82) is 0 Å². The zero-order valence-corrected chi connectivity index (χ0v) is 14.3. The van der Waals surface area contributed by atoms with Crippen LogP contribution in [0.15, 0.2) is 48.5 Å². The summed E-state index contributed by atoms with van der Waals surface area (Å²) in [6, 6.07) is 16.8. The highest BCUT2D eigenvalue weighted by Gasteiger charge is 2.25. The van der Waals surface area contributed by atoms with Crippen molar-refractivity contribution in [2.24, 2.45) is 5.92 Å². The molecule has 3 rings (SSSR count). The molecule has 2 aromatic rings. The molecule has 0 heterocycles. The molecule has 1 aliphatic rings. The van der Waals surface area contributed by atoms with E-state index in [1.165, 1.54) is 11.1 Å². The molecule has 1 fully saturated rings. The smallest absolute Gasteiger partial charge is 0.306 e. The summed E-state index contributed by atoms with van der Waals surface area (Å²) in [6.07, 6.45) is 3.45. The van der Waals surface area contributed by atoms with Crippen LogP contribution in [0.2, 0.25) is 5.02 Å². The van der Waals surface area contributed by atoms with Crippen LogP contribution in [0.4, 0.5) is 0 Å². The first-order valence-corrected chi connectivity index (χ1v) is 8.80. The number of benzene rings is 2. The molecule has 0 aromatic heterocycles. The SMILES string of the molecule is O=C(O)C1CCC(NCc2ccc(-c3ccc(Cl)cc3)cc2)CC1. The molecule has 0 atom stereocenters. The van der Waals surface area contributed by atoms with Gasteiger partial charge in [-0.1, -0.05) is 48.0 Å². The number of carboxylic acids is 1. The number of nitrogens with one attached hydrogen (secondary N) is 1. The maximum Gasteiger partial charge on any atom is 0.306 e. The summed E-state index contributed by atoms with van der Waals surface area (Å²) in [7, 11) is 0. The largest absolute Gasteiger partial charge is 0.481 e. The molecule has 2 aromatic carbocycles. The molecule has 0 saturated heterocycles. The Kier molecular flexibility index (Phi) is 5.54. The fourth-order valence-electron chi connectivity index (χ4n) is 3.26. The predicted molar refractivity (Wildman–Crippen MR) is 97.1 cm³/mol. The highest BCUT2D eigenvalue weighted by Crippen LogP contribution is 2.25. The van der Waals surface area contributed by atoms with E-state index in [9.17, 15) is 4.79 Å². The van der Waals surface area contributed by atoms with Gasteiger partial charge in [-0.3, -0.25) is 4.79 Å². The summed E-state index contributed by atoms with van der Waals surface area (Å²) >= 11 is 5.92. The van der Waals surface area contributed by atoms with Crippen molar-refractivity contribution < 1.29 is 9.90 Å². The van der Waals surface area contributed by atoms with Gasteiger partial charge < -0.3 is 10.4 Å². The molecular formula is C20H22ClNO2. The van der Waals surface area contributed by atoms with Crippen LogP contribution in [-0.4, -0.2) is 17.1 Å². The summed E-state index contributed by atoms with van der Waals surface area (Å²) in [5.74, 6) is -0.798. The Labute approximate surface area is 147 Å². The Morgan fingerprint density at radius 2 is 1.50 bits per heavy atom. The maximum atomic E-state index is 11.0. The third-order valence-electron chi connectivity index (χ3n) is 4.80. The van der Waals surface area contributed by atoms with Gasteiger partial charge in [0.05, 0.1) is 5.92 Å². The third-order valence-corrected chi connectivity index (χ3v) is 5.05. The quantitative estimate of drug-likeness (QED) is 0.824. The molecule has 2 N–H and O–H groups in total. The molecule has 0 aliphatic heterocycles. The Morgan fingerprint density at radius 3 is 2.04 bits per heavy atom. The van der Waals surface area contributed by atoms with Gasteiger partial charge in [-0.05, 0) is 54.5 Å². The molecule has 4 heteroatoms. The predicted octanol–water partition coefficient (Wildman–Crippen LogP) is 4.74. The fourth-order valence-corrected chi connectivity index (χ4v) is 3.39. The van der Waals surface area contributed by atoms with E-state index < -0.39 is 5.97 Å². The van der Waals surface area contributed by atoms with Gasteiger partial charge in [0.15, 0.2) is 0 Å². The third kappa shape index (κ3) is 4.37. The van der Waals surface area contributed by atoms with Gasteiger partial charge in [-0.2, -0.15) is 0 Å². The van der Waals surface area contributed by atoms with Crippen molar-refractivity contribution in [2.45, 2.75) is 38.3 Å². The Hall–Kier alpha value is -1.84. The average molecular weight is 344 g/mol. The molecule has 3 nitrogen and oxygen atoms in total. The number of rotatable bonds is 5. The van der Waals surface area contributed by atoms with Crippen molar-refractivity contribution >= 4 is 17.6 Å². The number of carboxylic acid groups (broad SMARTS) is 1. The van der Waals surface area contributed by atoms with Crippen molar-refractivity contribution in [3.63, 3.8) is 0 Å². The summed E-state index contributed by atoms with van der Waals surface area (Å²) in [5.41, 5.74) is 3.58. The number of aliphatic carboxylic acids is 1. The minimum atomic E-state index is -0.647. The van der Waals surface area contributed by atoms with E-state index >= 15 is 0 Å². The van der Waals surface area contributed by atoms with Gasteiger partial charge >= 0.3 is 5.97 Å². The molecule has 0 unspecified atom stereocenters. The van der Waals surface area contributed by atoms with Crippen LogP contribution in [-0.2, 0) is 11.3 Å². The van der Waals surface area contributed by atoms with E-state index in [0.717, 1.165) is 42.8 Å². The van der Waals surface area contributed by atoms with E-state index in [0.29, 0.717) is 6.04 Å².